The first-order valence-corrected chi connectivity index (χ1v) is 10.1. The molecule has 0 amide bonds. The Bertz CT molecular complexity index is 228. The second-order valence-electron chi connectivity index (χ2n) is 5.82. The van der Waals surface area contributed by atoms with Crippen LogP contribution < -0.4 is 0 Å². The summed E-state index contributed by atoms with van der Waals surface area (Å²) in [7, 11) is -1.50. The number of rotatable bonds is 6. The summed E-state index contributed by atoms with van der Waals surface area (Å²) in [6.07, 6.45) is 6.19. The maximum Gasteiger partial charge on any atom is 0.242 e. The Morgan fingerprint density at radius 1 is 1.25 bits per heavy atom. The van der Waals surface area contributed by atoms with Crippen LogP contribution in [0.2, 0.25) is 19.6 Å². The molecule has 0 unspecified atom stereocenters. The van der Waals surface area contributed by atoms with Crippen molar-refractivity contribution < 1.29 is 4.43 Å². The minimum absolute atomic E-state index is 0.208. The van der Waals surface area contributed by atoms with Crippen LogP contribution in [0.3, 0.4) is 0 Å². The average Bonchev–Trinajstić information content (AvgIpc) is 1.97. The van der Waals surface area contributed by atoms with Crippen LogP contribution in [-0.4, -0.2) is 13.1 Å². The third-order valence-electron chi connectivity index (χ3n) is 1.50. The highest BCUT2D eigenvalue weighted by Gasteiger charge is 2.21. The van der Waals surface area contributed by atoms with E-state index in [2.05, 4.69) is 53.1 Å². The van der Waals surface area contributed by atoms with Gasteiger partial charge in [0.25, 0.3) is 0 Å². The Hall–Kier alpha value is -0.153. The van der Waals surface area contributed by atoms with E-state index in [-0.39, 0.29) is 4.75 Å². The van der Waals surface area contributed by atoms with Crippen LogP contribution in [0.15, 0.2) is 23.8 Å². The first-order valence-electron chi connectivity index (χ1n) is 5.83. The molecule has 0 heterocycles. The molecule has 0 aliphatic rings. The zero-order valence-corrected chi connectivity index (χ0v) is 13.4. The first kappa shape index (κ1) is 15.8. The van der Waals surface area contributed by atoms with Crippen LogP contribution in [0, 0.1) is 0 Å². The fourth-order valence-electron chi connectivity index (χ4n) is 1.03. The van der Waals surface area contributed by atoms with Crippen molar-refractivity contribution in [1.29, 1.82) is 0 Å². The lowest BCUT2D eigenvalue weighted by Gasteiger charge is -2.26. The summed E-state index contributed by atoms with van der Waals surface area (Å²) < 4.78 is 6.30. The molecule has 94 valence electrons. The summed E-state index contributed by atoms with van der Waals surface area (Å²) in [6.45, 7) is 17.0. The molecule has 0 atom stereocenters. The second-order valence-corrected chi connectivity index (χ2v) is 12.1. The van der Waals surface area contributed by atoms with Gasteiger partial charge in [0.1, 0.15) is 5.09 Å². The number of thioether (sulfide) groups is 1. The van der Waals surface area contributed by atoms with Gasteiger partial charge >= 0.3 is 0 Å². The monoisotopic (exact) mass is 258 g/mol. The largest absolute Gasteiger partial charge is 0.540 e. The summed E-state index contributed by atoms with van der Waals surface area (Å²) in [5.41, 5.74) is 0. The molecule has 0 rings (SSSR count). The van der Waals surface area contributed by atoms with E-state index in [1.54, 1.807) is 0 Å². The lowest BCUT2D eigenvalue weighted by atomic mass is 10.3. The SMILES string of the molecule is C=CCC/C=C(\O[Si](C)(C)C)SC(C)(C)C. The van der Waals surface area contributed by atoms with E-state index in [1.807, 2.05) is 17.8 Å². The second kappa shape index (κ2) is 6.55. The van der Waals surface area contributed by atoms with E-state index in [0.29, 0.717) is 0 Å². The van der Waals surface area contributed by atoms with Crippen LogP contribution in [-0.2, 0) is 4.43 Å². The molecule has 16 heavy (non-hydrogen) atoms. The molecular formula is C13H26OSSi. The van der Waals surface area contributed by atoms with E-state index in [4.69, 9.17) is 4.43 Å². The van der Waals surface area contributed by atoms with Gasteiger partial charge in [-0.2, -0.15) is 0 Å². The van der Waals surface area contributed by atoms with Crippen molar-refractivity contribution in [2.75, 3.05) is 0 Å². The molecular weight excluding hydrogens is 232 g/mol. The van der Waals surface area contributed by atoms with Crippen molar-refractivity contribution in [1.82, 2.24) is 0 Å². The molecule has 0 aliphatic carbocycles. The topological polar surface area (TPSA) is 9.23 Å². The van der Waals surface area contributed by atoms with E-state index in [9.17, 15) is 0 Å². The van der Waals surface area contributed by atoms with E-state index in [0.717, 1.165) is 17.9 Å². The summed E-state index contributed by atoms with van der Waals surface area (Å²) in [5.74, 6) is 0. The number of hydrogen-bond acceptors (Lipinski definition) is 2. The van der Waals surface area contributed by atoms with Gasteiger partial charge in [-0.15, -0.1) is 6.58 Å². The smallest absolute Gasteiger partial charge is 0.242 e. The van der Waals surface area contributed by atoms with Crippen LogP contribution >= 0.6 is 11.8 Å². The molecule has 0 aromatic carbocycles. The first-order chi connectivity index (χ1) is 7.14. The summed E-state index contributed by atoms with van der Waals surface area (Å²) >= 11 is 1.82. The van der Waals surface area contributed by atoms with Crippen LogP contribution in [0.1, 0.15) is 33.6 Å². The van der Waals surface area contributed by atoms with E-state index >= 15 is 0 Å². The van der Waals surface area contributed by atoms with Gasteiger partial charge in [0, 0.05) is 4.75 Å². The van der Waals surface area contributed by atoms with Crippen molar-refractivity contribution >= 4 is 20.1 Å². The maximum absolute atomic E-state index is 6.09. The predicted octanol–water partition coefficient (Wildman–Crippen LogP) is 5.18. The lowest BCUT2D eigenvalue weighted by molar-refractivity contribution is 0.459. The molecule has 0 aromatic heterocycles. The molecule has 0 aromatic rings. The molecule has 1 nitrogen and oxygen atoms in total. The van der Waals surface area contributed by atoms with Gasteiger partial charge in [0.2, 0.25) is 8.32 Å². The fourth-order valence-corrected chi connectivity index (χ4v) is 3.44. The summed E-state index contributed by atoms with van der Waals surface area (Å²) in [4.78, 5) is 0. The quantitative estimate of drug-likeness (QED) is 0.281. The molecule has 0 N–H and O–H groups in total. The van der Waals surface area contributed by atoms with Gasteiger partial charge in [0.05, 0.1) is 0 Å². The lowest BCUT2D eigenvalue weighted by Crippen LogP contribution is -2.25. The van der Waals surface area contributed by atoms with Gasteiger partial charge < -0.3 is 4.43 Å². The Kier molecular flexibility index (Phi) is 6.49. The Morgan fingerprint density at radius 3 is 2.19 bits per heavy atom. The van der Waals surface area contributed by atoms with Crippen molar-refractivity contribution in [2.45, 2.75) is 58.0 Å². The molecule has 0 saturated carbocycles. The zero-order chi connectivity index (χ0) is 12.8. The number of unbranched alkanes of at least 4 members (excludes halogenated alkanes) is 1. The Balaban J connectivity index is 4.50. The summed E-state index contributed by atoms with van der Waals surface area (Å²) in [6, 6.07) is 0. The number of allylic oxidation sites excluding steroid dienone is 2. The van der Waals surface area contributed by atoms with E-state index < -0.39 is 8.32 Å². The van der Waals surface area contributed by atoms with Gasteiger partial charge in [0.15, 0.2) is 0 Å². The minimum atomic E-state index is -1.50. The van der Waals surface area contributed by atoms with Gasteiger partial charge in [-0.1, -0.05) is 38.6 Å². The molecule has 0 fully saturated rings. The van der Waals surface area contributed by atoms with Gasteiger partial charge in [-0.05, 0) is 38.6 Å². The van der Waals surface area contributed by atoms with E-state index in [1.165, 1.54) is 0 Å². The molecule has 3 heteroatoms. The Morgan fingerprint density at radius 2 is 1.81 bits per heavy atom. The fraction of sp³-hybridized carbons (Fsp3) is 0.692. The minimum Gasteiger partial charge on any atom is -0.540 e. The van der Waals surface area contributed by atoms with Crippen molar-refractivity contribution in [3.63, 3.8) is 0 Å². The third kappa shape index (κ3) is 10.4. The molecule has 0 aliphatic heterocycles. The van der Waals surface area contributed by atoms with Gasteiger partial charge in [-0.3, -0.25) is 0 Å². The molecule has 0 saturated heterocycles. The molecule has 0 radical (unpaired) electrons. The van der Waals surface area contributed by atoms with Crippen LogP contribution in [0.5, 0.6) is 0 Å². The van der Waals surface area contributed by atoms with Crippen LogP contribution in [0.4, 0.5) is 0 Å². The van der Waals surface area contributed by atoms with Gasteiger partial charge in [-0.25, -0.2) is 0 Å². The maximum atomic E-state index is 6.09. The average molecular weight is 259 g/mol. The predicted molar refractivity (Wildman–Crippen MR) is 79.3 cm³/mol. The van der Waals surface area contributed by atoms with Crippen molar-refractivity contribution in [2.24, 2.45) is 0 Å². The van der Waals surface area contributed by atoms with Crippen molar-refractivity contribution in [3.8, 4) is 0 Å². The van der Waals surface area contributed by atoms with Crippen molar-refractivity contribution in [3.05, 3.63) is 23.8 Å². The zero-order valence-electron chi connectivity index (χ0n) is 11.6. The summed E-state index contributed by atoms with van der Waals surface area (Å²) in [5, 5.41) is 1.09. The normalized spacial score (nSPS) is 13.8. The molecule has 0 bridgehead atoms. The highest BCUT2D eigenvalue weighted by Crippen LogP contribution is 2.33. The highest BCUT2D eigenvalue weighted by atomic mass is 32.2. The Labute approximate surface area is 106 Å². The van der Waals surface area contributed by atoms with Crippen LogP contribution in [0.25, 0.3) is 0 Å². The third-order valence-corrected chi connectivity index (χ3v) is 3.54. The molecule has 0 spiro atoms. The standard InChI is InChI=1S/C13H26OSSi/c1-8-9-10-11-12(14-16(5,6)7)15-13(2,3)4/h8,11H,1,9-10H2,2-7H3/b12-11+. The number of hydrogen-bond donors (Lipinski definition) is 0. The highest BCUT2D eigenvalue weighted by molar-refractivity contribution is 8.04.